The number of non-ortho nitro benzene ring substituents is 1. The lowest BCUT2D eigenvalue weighted by molar-refractivity contribution is -0.384. The monoisotopic (exact) mass is 250 g/mol. The summed E-state index contributed by atoms with van der Waals surface area (Å²) < 4.78 is 3.75. The quantitative estimate of drug-likeness (QED) is 0.665. The van der Waals surface area contributed by atoms with Crippen molar-refractivity contribution in [3.63, 3.8) is 0 Å². The minimum Gasteiger partial charge on any atom is -0.379 e. The van der Waals surface area contributed by atoms with E-state index in [1.165, 1.54) is 23.7 Å². The fourth-order valence-corrected chi connectivity index (χ4v) is 1.81. The molecule has 1 aromatic heterocycles. The Labute approximate surface area is 102 Å². The third kappa shape index (κ3) is 2.76. The van der Waals surface area contributed by atoms with Crippen LogP contribution in [0.25, 0.3) is 0 Å². The lowest BCUT2D eigenvalue weighted by Crippen LogP contribution is -2.02. The van der Waals surface area contributed by atoms with Crippen molar-refractivity contribution in [2.45, 2.75) is 13.5 Å². The topological polar surface area (TPSA) is 81.0 Å². The molecule has 1 aromatic carbocycles. The fourth-order valence-electron chi connectivity index (χ4n) is 1.36. The first-order valence-corrected chi connectivity index (χ1v) is 5.75. The van der Waals surface area contributed by atoms with Crippen LogP contribution in [0.15, 0.2) is 23.6 Å². The number of rotatable bonds is 4. The molecule has 17 heavy (non-hydrogen) atoms. The molecule has 0 saturated carbocycles. The Hall–Kier alpha value is -2.02. The highest BCUT2D eigenvalue weighted by Gasteiger charge is 2.08. The number of nitrogens with zero attached hydrogens (tertiary/aromatic N) is 3. The third-order valence-corrected chi connectivity index (χ3v) is 2.85. The molecule has 0 radical (unpaired) electrons. The lowest BCUT2D eigenvalue weighted by Gasteiger charge is -2.07. The molecule has 0 spiro atoms. The highest BCUT2D eigenvalue weighted by Crippen LogP contribution is 2.22. The summed E-state index contributed by atoms with van der Waals surface area (Å²) in [6.45, 7) is 2.41. The summed E-state index contributed by atoms with van der Waals surface area (Å²) in [5, 5.41) is 19.5. The first kappa shape index (κ1) is 11.5. The number of benzene rings is 1. The van der Waals surface area contributed by atoms with E-state index in [-0.39, 0.29) is 5.69 Å². The zero-order chi connectivity index (χ0) is 12.3. The Morgan fingerprint density at radius 2 is 2.35 bits per heavy atom. The standard InChI is InChI=1S/C10H10N4O2S/c1-7-2-3-9(14(15)16)4-10(7)11-5-8-6-17-13-12-8/h2-4,6,11H,5H2,1H3. The van der Waals surface area contributed by atoms with Crippen LogP contribution in [0.4, 0.5) is 11.4 Å². The van der Waals surface area contributed by atoms with Crippen molar-refractivity contribution >= 4 is 22.9 Å². The predicted molar refractivity (Wildman–Crippen MR) is 65.1 cm³/mol. The summed E-state index contributed by atoms with van der Waals surface area (Å²) in [5.41, 5.74) is 2.60. The summed E-state index contributed by atoms with van der Waals surface area (Å²) >= 11 is 1.28. The lowest BCUT2D eigenvalue weighted by atomic mass is 10.2. The van der Waals surface area contributed by atoms with Crippen LogP contribution in [-0.2, 0) is 6.54 Å². The molecular formula is C10H10N4O2S. The molecule has 1 heterocycles. The van der Waals surface area contributed by atoms with Gasteiger partial charge in [0.1, 0.15) is 0 Å². The highest BCUT2D eigenvalue weighted by molar-refractivity contribution is 7.03. The third-order valence-electron chi connectivity index (χ3n) is 2.30. The van der Waals surface area contributed by atoms with E-state index in [0.29, 0.717) is 6.54 Å². The van der Waals surface area contributed by atoms with Crippen LogP contribution >= 0.6 is 11.5 Å². The summed E-state index contributed by atoms with van der Waals surface area (Å²) in [6, 6.07) is 4.74. The molecule has 0 unspecified atom stereocenters. The molecule has 0 aliphatic rings. The van der Waals surface area contributed by atoms with E-state index in [1.54, 1.807) is 6.07 Å². The fraction of sp³-hybridized carbons (Fsp3) is 0.200. The van der Waals surface area contributed by atoms with E-state index in [4.69, 9.17) is 0 Å². The van der Waals surface area contributed by atoms with Gasteiger partial charge in [0, 0.05) is 23.2 Å². The maximum absolute atomic E-state index is 10.7. The van der Waals surface area contributed by atoms with Gasteiger partial charge in [0.15, 0.2) is 0 Å². The van der Waals surface area contributed by atoms with Crippen molar-refractivity contribution in [3.8, 4) is 0 Å². The van der Waals surface area contributed by atoms with Gasteiger partial charge in [-0.25, -0.2) is 0 Å². The SMILES string of the molecule is Cc1ccc([N+](=O)[O-])cc1NCc1csnn1. The van der Waals surface area contributed by atoms with Crippen molar-refractivity contribution in [1.82, 2.24) is 9.59 Å². The number of aromatic nitrogens is 2. The average Bonchev–Trinajstić information content (AvgIpc) is 2.80. The zero-order valence-corrected chi connectivity index (χ0v) is 9.90. The van der Waals surface area contributed by atoms with Crippen LogP contribution in [0.1, 0.15) is 11.3 Å². The average molecular weight is 250 g/mol. The van der Waals surface area contributed by atoms with Gasteiger partial charge in [-0.05, 0) is 24.0 Å². The van der Waals surface area contributed by atoms with Crippen molar-refractivity contribution in [2.75, 3.05) is 5.32 Å². The van der Waals surface area contributed by atoms with Crippen LogP contribution in [-0.4, -0.2) is 14.5 Å². The first-order chi connectivity index (χ1) is 8.16. The van der Waals surface area contributed by atoms with E-state index in [2.05, 4.69) is 14.9 Å². The molecule has 2 rings (SSSR count). The van der Waals surface area contributed by atoms with E-state index >= 15 is 0 Å². The second kappa shape index (κ2) is 4.88. The number of aryl methyl sites for hydroxylation is 1. The summed E-state index contributed by atoms with van der Waals surface area (Å²) in [5.74, 6) is 0. The van der Waals surface area contributed by atoms with Crippen LogP contribution in [0.5, 0.6) is 0 Å². The largest absolute Gasteiger partial charge is 0.379 e. The van der Waals surface area contributed by atoms with Gasteiger partial charge < -0.3 is 5.32 Å². The molecule has 0 aliphatic carbocycles. The molecule has 2 aromatic rings. The van der Waals surface area contributed by atoms with E-state index < -0.39 is 4.92 Å². The van der Waals surface area contributed by atoms with Crippen LogP contribution < -0.4 is 5.32 Å². The number of nitrogens with one attached hydrogen (secondary N) is 1. The number of nitro groups is 1. The normalized spacial score (nSPS) is 10.2. The predicted octanol–water partition coefficient (Wildman–Crippen LogP) is 2.37. The first-order valence-electron chi connectivity index (χ1n) is 4.91. The minimum absolute atomic E-state index is 0.0782. The number of nitro benzene ring substituents is 1. The molecule has 7 heteroatoms. The van der Waals surface area contributed by atoms with Crippen LogP contribution in [0, 0.1) is 17.0 Å². The van der Waals surface area contributed by atoms with Crippen molar-refractivity contribution < 1.29 is 4.92 Å². The Bertz CT molecular complexity index is 527. The zero-order valence-electron chi connectivity index (χ0n) is 9.08. The summed E-state index contributed by atoms with van der Waals surface area (Å²) in [4.78, 5) is 10.2. The molecule has 0 aliphatic heterocycles. The highest BCUT2D eigenvalue weighted by atomic mass is 32.1. The van der Waals surface area contributed by atoms with E-state index in [1.807, 2.05) is 12.3 Å². The molecule has 6 nitrogen and oxygen atoms in total. The Balaban J connectivity index is 2.14. The van der Waals surface area contributed by atoms with Gasteiger partial charge in [-0.1, -0.05) is 10.6 Å². The molecule has 88 valence electrons. The number of anilines is 1. The Morgan fingerprint density at radius 1 is 1.53 bits per heavy atom. The van der Waals surface area contributed by atoms with E-state index in [9.17, 15) is 10.1 Å². The molecule has 1 N–H and O–H groups in total. The van der Waals surface area contributed by atoms with Gasteiger partial charge >= 0.3 is 0 Å². The number of hydrogen-bond donors (Lipinski definition) is 1. The smallest absolute Gasteiger partial charge is 0.271 e. The second-order valence-electron chi connectivity index (χ2n) is 3.51. The van der Waals surface area contributed by atoms with Gasteiger partial charge in [-0.2, -0.15) is 0 Å². The summed E-state index contributed by atoms with van der Waals surface area (Å²) in [7, 11) is 0. The van der Waals surface area contributed by atoms with Gasteiger partial charge in [0.05, 0.1) is 17.2 Å². The van der Waals surface area contributed by atoms with Crippen LogP contribution in [0.3, 0.4) is 0 Å². The van der Waals surface area contributed by atoms with Crippen molar-refractivity contribution in [1.29, 1.82) is 0 Å². The maximum Gasteiger partial charge on any atom is 0.271 e. The van der Waals surface area contributed by atoms with Crippen molar-refractivity contribution in [2.24, 2.45) is 0 Å². The molecule has 0 fully saturated rings. The van der Waals surface area contributed by atoms with Gasteiger partial charge in [0.2, 0.25) is 0 Å². The molecular weight excluding hydrogens is 240 g/mol. The molecule has 0 bridgehead atoms. The summed E-state index contributed by atoms with van der Waals surface area (Å²) in [6.07, 6.45) is 0. The maximum atomic E-state index is 10.7. The molecule has 0 amide bonds. The number of hydrogen-bond acceptors (Lipinski definition) is 6. The van der Waals surface area contributed by atoms with E-state index in [0.717, 1.165) is 16.9 Å². The Morgan fingerprint density at radius 3 is 3.00 bits per heavy atom. The van der Waals surface area contributed by atoms with Gasteiger partial charge in [-0.15, -0.1) is 5.10 Å². The van der Waals surface area contributed by atoms with Crippen LogP contribution in [0.2, 0.25) is 0 Å². The van der Waals surface area contributed by atoms with Gasteiger partial charge in [-0.3, -0.25) is 10.1 Å². The molecule has 0 saturated heterocycles. The second-order valence-corrected chi connectivity index (χ2v) is 4.12. The molecule has 0 atom stereocenters. The van der Waals surface area contributed by atoms with Gasteiger partial charge in [0.25, 0.3) is 5.69 Å². The minimum atomic E-state index is -0.408. The Kier molecular flexibility index (Phi) is 3.29. The van der Waals surface area contributed by atoms with Crippen molar-refractivity contribution in [3.05, 3.63) is 45.0 Å².